The molecule has 0 aliphatic heterocycles. The Hall–Kier alpha value is -2.11. The predicted octanol–water partition coefficient (Wildman–Crippen LogP) is 1.66. The van der Waals surface area contributed by atoms with Crippen LogP contribution in [0, 0.1) is 5.82 Å². The first-order valence-electron chi connectivity index (χ1n) is 6.19. The molecular weight excluding hydrogens is 265 g/mol. The molecule has 0 radical (unpaired) electrons. The largest absolute Gasteiger partial charge is 0.484 e. The highest BCUT2D eigenvalue weighted by Gasteiger charge is 2.34. The van der Waals surface area contributed by atoms with Crippen LogP contribution in [0.15, 0.2) is 24.3 Å². The third kappa shape index (κ3) is 4.22. The molecule has 0 aliphatic rings. The van der Waals surface area contributed by atoms with Gasteiger partial charge in [0.2, 0.25) is 0 Å². The van der Waals surface area contributed by atoms with Crippen LogP contribution in [0.4, 0.5) is 4.39 Å². The Kier molecular flexibility index (Phi) is 5.49. The first-order chi connectivity index (χ1) is 9.41. The van der Waals surface area contributed by atoms with E-state index in [0.717, 1.165) is 0 Å². The van der Waals surface area contributed by atoms with Crippen molar-refractivity contribution in [3.63, 3.8) is 0 Å². The van der Waals surface area contributed by atoms with Gasteiger partial charge in [0.15, 0.2) is 6.61 Å². The molecule has 1 atom stereocenters. The van der Waals surface area contributed by atoms with Crippen molar-refractivity contribution in [1.29, 1.82) is 0 Å². The average molecular weight is 283 g/mol. The van der Waals surface area contributed by atoms with Crippen molar-refractivity contribution in [1.82, 2.24) is 5.32 Å². The lowest BCUT2D eigenvalue weighted by atomic mass is 9.99. The second-order valence-corrected chi connectivity index (χ2v) is 4.47. The van der Waals surface area contributed by atoms with E-state index < -0.39 is 17.4 Å². The van der Waals surface area contributed by atoms with Crippen molar-refractivity contribution in [3.8, 4) is 5.75 Å². The molecule has 0 unspecified atom stereocenters. The summed E-state index contributed by atoms with van der Waals surface area (Å²) in [6.07, 6.45) is 0.391. The quantitative estimate of drug-likeness (QED) is 0.806. The van der Waals surface area contributed by atoms with Crippen molar-refractivity contribution >= 4 is 11.9 Å². The SMILES string of the molecule is CC[C@@](C)(NC(=O)COc1ccc(F)cc1)C(=O)OC. The fraction of sp³-hybridized carbons (Fsp3) is 0.429. The standard InChI is InChI=1S/C14H18FNO4/c1-4-14(2,13(18)19-3)16-12(17)9-20-11-7-5-10(15)6-8-11/h5-8H,4,9H2,1-3H3,(H,16,17)/t14-/m1/s1. The number of esters is 1. The van der Waals surface area contributed by atoms with E-state index in [-0.39, 0.29) is 12.4 Å². The molecular formula is C14H18FNO4. The fourth-order valence-electron chi connectivity index (χ4n) is 1.53. The van der Waals surface area contributed by atoms with Crippen molar-refractivity contribution in [2.24, 2.45) is 0 Å². The van der Waals surface area contributed by atoms with Crippen LogP contribution in [0.1, 0.15) is 20.3 Å². The molecule has 6 heteroatoms. The lowest BCUT2D eigenvalue weighted by molar-refractivity contribution is -0.150. The Morgan fingerprint density at radius 3 is 2.40 bits per heavy atom. The van der Waals surface area contributed by atoms with Crippen molar-refractivity contribution in [3.05, 3.63) is 30.1 Å². The minimum atomic E-state index is -1.09. The van der Waals surface area contributed by atoms with Gasteiger partial charge in [0, 0.05) is 0 Å². The molecule has 1 rings (SSSR count). The number of hydrogen-bond donors (Lipinski definition) is 1. The summed E-state index contributed by atoms with van der Waals surface area (Å²) in [7, 11) is 1.26. The number of carbonyl (C=O) groups is 2. The zero-order valence-corrected chi connectivity index (χ0v) is 11.7. The van der Waals surface area contributed by atoms with Crippen molar-refractivity contribution in [2.75, 3.05) is 13.7 Å². The lowest BCUT2D eigenvalue weighted by Crippen LogP contribution is -2.53. The maximum absolute atomic E-state index is 12.7. The Morgan fingerprint density at radius 2 is 1.90 bits per heavy atom. The van der Waals surface area contributed by atoms with Gasteiger partial charge in [0.1, 0.15) is 17.1 Å². The molecule has 1 amide bonds. The summed E-state index contributed by atoms with van der Waals surface area (Å²) in [6, 6.07) is 5.31. The summed E-state index contributed by atoms with van der Waals surface area (Å²) in [5, 5.41) is 2.56. The molecule has 1 aromatic rings. The van der Waals surface area contributed by atoms with Gasteiger partial charge < -0.3 is 14.8 Å². The zero-order valence-electron chi connectivity index (χ0n) is 11.7. The molecule has 5 nitrogen and oxygen atoms in total. The van der Waals surface area contributed by atoms with Crippen LogP contribution < -0.4 is 10.1 Å². The average Bonchev–Trinajstić information content (AvgIpc) is 2.45. The summed E-state index contributed by atoms with van der Waals surface area (Å²) in [5.41, 5.74) is -1.09. The molecule has 0 aliphatic carbocycles. The number of rotatable bonds is 6. The summed E-state index contributed by atoms with van der Waals surface area (Å²) < 4.78 is 22.5. The van der Waals surface area contributed by atoms with Gasteiger partial charge in [-0.3, -0.25) is 4.79 Å². The first-order valence-corrected chi connectivity index (χ1v) is 6.19. The minimum absolute atomic E-state index is 0.266. The monoisotopic (exact) mass is 283 g/mol. The highest BCUT2D eigenvalue weighted by molar-refractivity contribution is 5.88. The van der Waals surface area contributed by atoms with Gasteiger partial charge in [-0.25, -0.2) is 9.18 Å². The third-order valence-corrected chi connectivity index (χ3v) is 2.94. The normalized spacial score (nSPS) is 13.2. The smallest absolute Gasteiger partial charge is 0.331 e. The van der Waals surface area contributed by atoms with E-state index in [2.05, 4.69) is 10.1 Å². The number of methoxy groups -OCH3 is 1. The van der Waals surface area contributed by atoms with Gasteiger partial charge in [-0.1, -0.05) is 6.92 Å². The van der Waals surface area contributed by atoms with Gasteiger partial charge in [0.25, 0.3) is 5.91 Å². The predicted molar refractivity (Wildman–Crippen MR) is 70.7 cm³/mol. The first kappa shape index (κ1) is 15.9. The van der Waals surface area contributed by atoms with Crippen LogP contribution in [-0.4, -0.2) is 31.1 Å². The number of benzene rings is 1. The molecule has 0 fully saturated rings. The summed E-state index contributed by atoms with van der Waals surface area (Å²) in [5.74, 6) is -0.983. The van der Waals surface area contributed by atoms with Gasteiger partial charge >= 0.3 is 5.97 Å². The Bertz CT molecular complexity index is 475. The topological polar surface area (TPSA) is 64.6 Å². The molecule has 0 heterocycles. The van der Waals surface area contributed by atoms with Crippen LogP contribution in [-0.2, 0) is 14.3 Å². The van der Waals surface area contributed by atoms with E-state index in [1.54, 1.807) is 13.8 Å². The highest BCUT2D eigenvalue weighted by atomic mass is 19.1. The Morgan fingerprint density at radius 1 is 1.30 bits per heavy atom. The number of nitrogens with one attached hydrogen (secondary N) is 1. The van der Waals surface area contributed by atoms with Crippen molar-refractivity contribution < 1.29 is 23.5 Å². The molecule has 1 N–H and O–H groups in total. The van der Waals surface area contributed by atoms with Crippen LogP contribution in [0.25, 0.3) is 0 Å². The Balaban J connectivity index is 2.54. The molecule has 0 saturated carbocycles. The highest BCUT2D eigenvalue weighted by Crippen LogP contribution is 2.13. The number of amides is 1. The molecule has 0 bridgehead atoms. The maximum atomic E-state index is 12.7. The summed E-state index contributed by atoms with van der Waals surface area (Å²) >= 11 is 0. The molecule has 1 aromatic carbocycles. The third-order valence-electron chi connectivity index (χ3n) is 2.94. The second-order valence-electron chi connectivity index (χ2n) is 4.47. The van der Waals surface area contributed by atoms with Gasteiger partial charge in [-0.2, -0.15) is 0 Å². The van der Waals surface area contributed by atoms with Crippen LogP contribution in [0.3, 0.4) is 0 Å². The van der Waals surface area contributed by atoms with E-state index >= 15 is 0 Å². The van der Waals surface area contributed by atoms with E-state index in [1.165, 1.54) is 31.4 Å². The minimum Gasteiger partial charge on any atom is -0.484 e. The summed E-state index contributed by atoms with van der Waals surface area (Å²) in [6.45, 7) is 3.07. The lowest BCUT2D eigenvalue weighted by Gasteiger charge is -2.26. The Labute approximate surface area is 117 Å². The van der Waals surface area contributed by atoms with E-state index in [0.29, 0.717) is 12.2 Å². The van der Waals surface area contributed by atoms with Crippen LogP contribution in [0.5, 0.6) is 5.75 Å². The van der Waals surface area contributed by atoms with E-state index in [9.17, 15) is 14.0 Å². The fourth-order valence-corrected chi connectivity index (χ4v) is 1.53. The second kappa shape index (κ2) is 6.88. The van der Waals surface area contributed by atoms with Crippen molar-refractivity contribution in [2.45, 2.75) is 25.8 Å². The van der Waals surface area contributed by atoms with Gasteiger partial charge in [-0.05, 0) is 37.6 Å². The van der Waals surface area contributed by atoms with Crippen LogP contribution >= 0.6 is 0 Å². The molecule has 0 aromatic heterocycles. The number of carbonyl (C=O) groups excluding carboxylic acids is 2. The summed E-state index contributed by atoms with van der Waals surface area (Å²) in [4.78, 5) is 23.4. The number of hydrogen-bond acceptors (Lipinski definition) is 4. The van der Waals surface area contributed by atoms with Gasteiger partial charge in [0.05, 0.1) is 7.11 Å². The zero-order chi connectivity index (χ0) is 15.2. The molecule has 110 valence electrons. The van der Waals surface area contributed by atoms with Gasteiger partial charge in [-0.15, -0.1) is 0 Å². The van der Waals surface area contributed by atoms with E-state index in [1.807, 2.05) is 0 Å². The molecule has 0 saturated heterocycles. The van der Waals surface area contributed by atoms with E-state index in [4.69, 9.17) is 4.74 Å². The molecule has 0 spiro atoms. The number of halogens is 1. The number of ether oxygens (including phenoxy) is 2. The maximum Gasteiger partial charge on any atom is 0.331 e. The van der Waals surface area contributed by atoms with Crippen LogP contribution in [0.2, 0.25) is 0 Å². The molecule has 20 heavy (non-hydrogen) atoms.